The molecule has 40 heavy (non-hydrogen) atoms. The van der Waals surface area contributed by atoms with E-state index >= 15 is 4.39 Å². The average molecular weight is 576 g/mol. The lowest BCUT2D eigenvalue weighted by atomic mass is 9.44. The quantitative estimate of drug-likeness (QED) is 0.398. The van der Waals surface area contributed by atoms with E-state index in [0.717, 1.165) is 12.1 Å². The van der Waals surface area contributed by atoms with Crippen LogP contribution in [-0.4, -0.2) is 64.7 Å². The summed E-state index contributed by atoms with van der Waals surface area (Å²) in [4.78, 5) is 37.5. The average Bonchev–Trinajstić information content (AvgIpc) is 3.09. The topological polar surface area (TPSA) is 158 Å². The van der Waals surface area contributed by atoms with Crippen LogP contribution < -0.4 is 0 Å². The smallest absolute Gasteiger partial charge is 0.338 e. The number of rotatable bonds is 5. The van der Waals surface area contributed by atoms with Gasteiger partial charge >= 0.3 is 5.97 Å². The highest BCUT2D eigenvalue weighted by atomic mass is 32.2. The van der Waals surface area contributed by atoms with Gasteiger partial charge in [-0.05, 0) is 74.8 Å². The summed E-state index contributed by atoms with van der Waals surface area (Å²) in [5, 5.41) is 23.4. The van der Waals surface area contributed by atoms with Gasteiger partial charge in [0.05, 0.1) is 16.6 Å². The lowest BCUT2D eigenvalue weighted by molar-refractivity contribution is -0.219. The van der Waals surface area contributed by atoms with E-state index in [1.165, 1.54) is 30.4 Å². The van der Waals surface area contributed by atoms with Crippen LogP contribution >= 0.6 is 0 Å². The largest absolute Gasteiger partial charge is 0.744 e. The number of ketones is 2. The third-order valence-electron chi connectivity index (χ3n) is 10.3. The molecule has 5 rings (SSSR count). The van der Waals surface area contributed by atoms with Crippen LogP contribution in [0.3, 0.4) is 0 Å². The fourth-order valence-electron chi connectivity index (χ4n) is 8.24. The SMILES string of the molecule is C[C@@H]1CC2C3CCC4=CC(=O)C=C[C@]4(C)[C@@]3(F)[C@@H](O)C[C@]2(C)[C@@]1(O)C(=O)COC(=O)c1cccc(S(=O)(=O)[O-])c1. The van der Waals surface area contributed by atoms with Crippen molar-refractivity contribution in [2.24, 2.45) is 28.6 Å². The van der Waals surface area contributed by atoms with Gasteiger partial charge in [-0.15, -0.1) is 0 Å². The molecule has 0 radical (unpaired) electrons. The van der Waals surface area contributed by atoms with Crippen molar-refractivity contribution in [3.05, 3.63) is 53.6 Å². The third kappa shape index (κ3) is 3.81. The number of aliphatic hydroxyl groups excluding tert-OH is 1. The van der Waals surface area contributed by atoms with Crippen LogP contribution in [0.4, 0.5) is 4.39 Å². The number of halogens is 1. The first-order valence-corrected chi connectivity index (χ1v) is 14.7. The van der Waals surface area contributed by atoms with E-state index in [2.05, 4.69) is 0 Å². The highest BCUT2D eigenvalue weighted by Crippen LogP contribution is 2.70. The van der Waals surface area contributed by atoms with Gasteiger partial charge in [-0.25, -0.2) is 17.6 Å². The number of benzene rings is 1. The van der Waals surface area contributed by atoms with Gasteiger partial charge in [0, 0.05) is 16.7 Å². The molecule has 3 fully saturated rings. The first-order valence-electron chi connectivity index (χ1n) is 13.3. The van der Waals surface area contributed by atoms with Gasteiger partial charge in [-0.2, -0.15) is 0 Å². The van der Waals surface area contributed by atoms with Crippen molar-refractivity contribution in [1.82, 2.24) is 0 Å². The molecule has 1 aromatic carbocycles. The summed E-state index contributed by atoms with van der Waals surface area (Å²) in [5.41, 5.74) is -6.24. The van der Waals surface area contributed by atoms with Gasteiger partial charge in [0.25, 0.3) is 0 Å². The summed E-state index contributed by atoms with van der Waals surface area (Å²) < 4.78 is 56.3. The summed E-state index contributed by atoms with van der Waals surface area (Å²) in [5.74, 6) is -3.93. The Morgan fingerprint density at radius 3 is 2.60 bits per heavy atom. The van der Waals surface area contributed by atoms with Crippen molar-refractivity contribution < 1.29 is 46.7 Å². The number of aliphatic hydroxyl groups is 2. The Hall–Kier alpha value is -2.73. The maximum absolute atomic E-state index is 17.3. The number of carbonyl (C=O) groups is 3. The predicted molar refractivity (Wildman–Crippen MR) is 138 cm³/mol. The number of esters is 1. The minimum Gasteiger partial charge on any atom is -0.744 e. The molecule has 0 aromatic heterocycles. The molecule has 9 nitrogen and oxygen atoms in total. The molecule has 0 saturated heterocycles. The second-order valence-electron chi connectivity index (χ2n) is 12.1. The normalized spacial score (nSPS) is 40.5. The van der Waals surface area contributed by atoms with Gasteiger partial charge in [-0.3, -0.25) is 9.59 Å². The number of carbonyl (C=O) groups excluding carboxylic acids is 3. The fraction of sp³-hybridized carbons (Fsp3) is 0.552. The van der Waals surface area contributed by atoms with E-state index < -0.39 is 79.3 Å². The third-order valence-corrected chi connectivity index (χ3v) is 11.2. The molecule has 0 bridgehead atoms. The number of fused-ring (bicyclic) bond motifs is 5. The molecular formula is C29H32FO9S-. The predicted octanol–water partition coefficient (Wildman–Crippen LogP) is 2.66. The van der Waals surface area contributed by atoms with Crippen molar-refractivity contribution in [2.75, 3.05) is 6.61 Å². The highest BCUT2D eigenvalue weighted by Gasteiger charge is 2.75. The van der Waals surface area contributed by atoms with Crippen molar-refractivity contribution >= 4 is 27.7 Å². The van der Waals surface area contributed by atoms with Crippen LogP contribution in [-0.2, 0) is 24.4 Å². The summed E-state index contributed by atoms with van der Waals surface area (Å²) in [6.45, 7) is 4.18. The molecular weight excluding hydrogens is 543 g/mol. The summed E-state index contributed by atoms with van der Waals surface area (Å²) in [7, 11) is -4.82. The Bertz CT molecular complexity index is 1470. The zero-order valence-electron chi connectivity index (χ0n) is 22.4. The minimum absolute atomic E-state index is 0.223. The fourth-order valence-corrected chi connectivity index (χ4v) is 8.76. The molecule has 2 unspecified atom stereocenters. The zero-order chi connectivity index (χ0) is 29.5. The standard InChI is InChI=1S/C29H33FO9S/c1-16-11-22-21-8-7-18-13-19(31)9-10-26(18,2)28(21,30)23(32)14-27(22,3)29(16,35)24(33)15-39-25(34)17-5-4-6-20(12-17)40(36,37)38/h4-6,9-10,12-13,16,21-23,32,35H,7-8,11,14-15H2,1-3H3,(H,36,37,38)/p-1/t16-,21?,22?,23+,26+,27+,28+,29+/m1/s1. The van der Waals surface area contributed by atoms with Crippen LogP contribution in [0.15, 0.2) is 53.0 Å². The molecule has 0 amide bonds. The van der Waals surface area contributed by atoms with Gasteiger partial charge in [0.2, 0.25) is 5.78 Å². The first-order chi connectivity index (χ1) is 18.5. The lowest BCUT2D eigenvalue weighted by Gasteiger charge is -2.62. The molecule has 4 aliphatic carbocycles. The van der Waals surface area contributed by atoms with E-state index in [1.807, 2.05) is 0 Å². The molecule has 0 spiro atoms. The van der Waals surface area contributed by atoms with Gasteiger partial charge < -0.3 is 19.5 Å². The Balaban J connectivity index is 1.41. The molecule has 216 valence electrons. The number of hydrogen-bond acceptors (Lipinski definition) is 9. The van der Waals surface area contributed by atoms with E-state index in [1.54, 1.807) is 20.8 Å². The van der Waals surface area contributed by atoms with Crippen LogP contribution in [0.25, 0.3) is 0 Å². The van der Waals surface area contributed by atoms with E-state index in [4.69, 9.17) is 4.74 Å². The molecule has 4 aliphatic rings. The second kappa shape index (κ2) is 9.14. The van der Waals surface area contributed by atoms with Crippen molar-refractivity contribution in [2.45, 2.75) is 68.7 Å². The van der Waals surface area contributed by atoms with Crippen LogP contribution in [0, 0.1) is 28.6 Å². The molecule has 8 atom stereocenters. The Morgan fingerprint density at radius 1 is 1.23 bits per heavy atom. The van der Waals surface area contributed by atoms with E-state index in [9.17, 15) is 37.6 Å². The molecule has 1 aromatic rings. The Labute approximate surface area is 231 Å². The van der Waals surface area contributed by atoms with Gasteiger partial charge in [0.15, 0.2) is 18.1 Å². The number of ether oxygens (including phenoxy) is 1. The summed E-state index contributed by atoms with van der Waals surface area (Å²) in [6.07, 6.45) is 3.60. The monoisotopic (exact) mass is 575 g/mol. The number of Topliss-reactive ketones (excluding diaryl/α,β-unsaturated/α-hetero) is 1. The van der Waals surface area contributed by atoms with E-state index in [0.29, 0.717) is 24.8 Å². The maximum Gasteiger partial charge on any atom is 0.338 e. The van der Waals surface area contributed by atoms with E-state index in [-0.39, 0.29) is 17.8 Å². The number of alkyl halides is 1. The maximum atomic E-state index is 17.3. The number of hydrogen-bond donors (Lipinski definition) is 2. The molecule has 11 heteroatoms. The van der Waals surface area contributed by atoms with Crippen LogP contribution in [0.5, 0.6) is 0 Å². The lowest BCUT2D eigenvalue weighted by Crippen LogP contribution is -2.69. The van der Waals surface area contributed by atoms with Gasteiger partial charge in [0.1, 0.15) is 15.7 Å². The van der Waals surface area contributed by atoms with Crippen LogP contribution in [0.2, 0.25) is 0 Å². The first kappa shape index (κ1) is 28.8. The summed E-state index contributed by atoms with van der Waals surface area (Å²) >= 11 is 0. The zero-order valence-corrected chi connectivity index (χ0v) is 23.2. The Kier molecular flexibility index (Phi) is 6.58. The van der Waals surface area contributed by atoms with Crippen molar-refractivity contribution in [3.63, 3.8) is 0 Å². The molecule has 0 aliphatic heterocycles. The highest BCUT2D eigenvalue weighted by molar-refractivity contribution is 7.85. The molecule has 3 saturated carbocycles. The van der Waals surface area contributed by atoms with Crippen molar-refractivity contribution in [3.8, 4) is 0 Å². The van der Waals surface area contributed by atoms with Crippen LogP contribution in [0.1, 0.15) is 56.8 Å². The molecule has 2 N–H and O–H groups in total. The minimum atomic E-state index is -4.82. The van der Waals surface area contributed by atoms with Crippen molar-refractivity contribution in [1.29, 1.82) is 0 Å². The number of allylic oxidation sites excluding steroid dienone is 4. The summed E-state index contributed by atoms with van der Waals surface area (Å²) in [6, 6.07) is 4.29. The molecule has 0 heterocycles. The second-order valence-corrected chi connectivity index (χ2v) is 13.5. The van der Waals surface area contributed by atoms with Gasteiger partial charge in [-0.1, -0.05) is 31.6 Å². The Morgan fingerprint density at radius 2 is 1.93 bits per heavy atom.